The molecule has 1 aromatic carbocycles. The quantitative estimate of drug-likeness (QED) is 0.934. The molecule has 0 saturated heterocycles. The van der Waals surface area contributed by atoms with Gasteiger partial charge in [-0.25, -0.2) is 9.97 Å². The second kappa shape index (κ2) is 6.78. The van der Waals surface area contributed by atoms with Gasteiger partial charge in [-0.3, -0.25) is 14.9 Å². The normalized spacial score (nSPS) is 16.4. The van der Waals surface area contributed by atoms with E-state index in [9.17, 15) is 9.59 Å². The summed E-state index contributed by atoms with van der Waals surface area (Å²) >= 11 is 0. The van der Waals surface area contributed by atoms with E-state index in [1.165, 1.54) is 0 Å². The van der Waals surface area contributed by atoms with Gasteiger partial charge in [-0.1, -0.05) is 25.1 Å². The second-order valence-corrected chi connectivity index (χ2v) is 6.04. The molecule has 3 rings (SSSR count). The number of rotatable bonds is 4. The lowest BCUT2D eigenvalue weighted by molar-refractivity contribution is -0.118. The van der Waals surface area contributed by atoms with Gasteiger partial charge in [-0.15, -0.1) is 0 Å². The molecule has 6 nitrogen and oxygen atoms in total. The Hall–Kier alpha value is -2.76. The van der Waals surface area contributed by atoms with E-state index in [0.717, 1.165) is 0 Å². The molecule has 2 aromatic rings. The molecule has 1 aliphatic carbocycles. The number of ketones is 1. The van der Waals surface area contributed by atoms with Gasteiger partial charge in [0, 0.05) is 6.42 Å². The molecule has 1 N–H and O–H groups in total. The lowest BCUT2D eigenvalue weighted by Crippen LogP contribution is -2.25. The first-order valence-corrected chi connectivity index (χ1v) is 7.91. The van der Waals surface area contributed by atoms with Crippen molar-refractivity contribution in [1.29, 1.82) is 0 Å². The van der Waals surface area contributed by atoms with E-state index in [1.807, 2.05) is 25.1 Å². The number of nitrogens with one attached hydrogen (secondary N) is 1. The summed E-state index contributed by atoms with van der Waals surface area (Å²) in [6, 6.07) is 9.10. The zero-order chi connectivity index (χ0) is 17.1. The average Bonchev–Trinajstić information content (AvgIpc) is 2.53. The number of carbonyl (C=O) groups excluding carboxylic acids is 2. The number of hydrogen-bond acceptors (Lipinski definition) is 5. The number of aromatic nitrogens is 2. The third-order valence-corrected chi connectivity index (χ3v) is 3.88. The Kier molecular flexibility index (Phi) is 4.55. The predicted octanol–water partition coefficient (Wildman–Crippen LogP) is 2.57. The van der Waals surface area contributed by atoms with E-state index < -0.39 is 0 Å². The highest BCUT2D eigenvalue weighted by Gasteiger charge is 2.26. The minimum Gasteiger partial charge on any atom is -0.484 e. The maximum absolute atomic E-state index is 12.1. The van der Waals surface area contributed by atoms with Gasteiger partial charge in [0.25, 0.3) is 5.91 Å². The van der Waals surface area contributed by atoms with Crippen molar-refractivity contribution in [3.63, 3.8) is 0 Å². The molecule has 0 fully saturated rings. The maximum Gasteiger partial charge on any atom is 0.264 e. The summed E-state index contributed by atoms with van der Waals surface area (Å²) in [4.78, 5) is 32.7. The molecule has 24 heavy (non-hydrogen) atoms. The zero-order valence-electron chi connectivity index (χ0n) is 13.7. The van der Waals surface area contributed by atoms with Crippen LogP contribution in [-0.2, 0) is 11.2 Å². The Morgan fingerprint density at radius 2 is 2.00 bits per heavy atom. The highest BCUT2D eigenvalue weighted by molar-refractivity contribution is 5.99. The molecule has 1 atom stereocenters. The van der Waals surface area contributed by atoms with Crippen molar-refractivity contribution in [2.24, 2.45) is 5.92 Å². The number of benzene rings is 1. The number of hydrogen-bond donors (Lipinski definition) is 1. The number of para-hydroxylation sites is 1. The molecule has 0 aliphatic heterocycles. The first-order valence-electron chi connectivity index (χ1n) is 7.91. The van der Waals surface area contributed by atoms with Crippen molar-refractivity contribution < 1.29 is 14.3 Å². The number of fused-ring (bicyclic) bond motifs is 1. The maximum atomic E-state index is 12.1. The third kappa shape index (κ3) is 3.59. The Balaban J connectivity index is 1.69. The fraction of sp³-hybridized carbons (Fsp3) is 0.333. The predicted molar refractivity (Wildman–Crippen MR) is 89.2 cm³/mol. The van der Waals surface area contributed by atoms with E-state index in [1.54, 1.807) is 19.1 Å². The summed E-state index contributed by atoms with van der Waals surface area (Å²) in [7, 11) is 0. The van der Waals surface area contributed by atoms with Crippen molar-refractivity contribution in [2.75, 3.05) is 11.9 Å². The van der Waals surface area contributed by atoms with E-state index in [-0.39, 0.29) is 30.2 Å². The van der Waals surface area contributed by atoms with Crippen LogP contribution < -0.4 is 10.1 Å². The highest BCUT2D eigenvalue weighted by Crippen LogP contribution is 2.26. The van der Waals surface area contributed by atoms with Gasteiger partial charge < -0.3 is 4.74 Å². The monoisotopic (exact) mass is 325 g/mol. The van der Waals surface area contributed by atoms with Crippen LogP contribution in [0.1, 0.15) is 35.1 Å². The molecule has 0 unspecified atom stereocenters. The van der Waals surface area contributed by atoms with Crippen LogP contribution >= 0.6 is 0 Å². The van der Waals surface area contributed by atoms with Crippen LogP contribution in [0, 0.1) is 12.8 Å². The third-order valence-electron chi connectivity index (χ3n) is 3.88. The Labute approximate surface area is 140 Å². The Bertz CT molecular complexity index is 775. The molecule has 6 heteroatoms. The molecule has 0 radical (unpaired) electrons. The van der Waals surface area contributed by atoms with Crippen LogP contribution in [0.15, 0.2) is 30.3 Å². The van der Waals surface area contributed by atoms with E-state index in [0.29, 0.717) is 35.5 Å². The van der Waals surface area contributed by atoms with Gasteiger partial charge in [0.05, 0.1) is 17.0 Å². The molecular formula is C18H19N3O3. The van der Waals surface area contributed by atoms with Crippen LogP contribution in [0.3, 0.4) is 0 Å². The Morgan fingerprint density at radius 3 is 2.75 bits per heavy atom. The van der Waals surface area contributed by atoms with E-state index in [2.05, 4.69) is 15.3 Å². The number of aryl methyl sites for hydroxylation is 1. The number of amides is 1. The minimum atomic E-state index is -0.339. The van der Waals surface area contributed by atoms with Gasteiger partial charge in [-0.05, 0) is 31.4 Å². The largest absolute Gasteiger partial charge is 0.484 e. The van der Waals surface area contributed by atoms with Gasteiger partial charge in [0.15, 0.2) is 12.4 Å². The number of anilines is 1. The van der Waals surface area contributed by atoms with Crippen molar-refractivity contribution in [2.45, 2.75) is 26.7 Å². The second-order valence-electron chi connectivity index (χ2n) is 6.04. The highest BCUT2D eigenvalue weighted by atomic mass is 16.5. The van der Waals surface area contributed by atoms with Gasteiger partial charge in [-0.2, -0.15) is 0 Å². The first kappa shape index (κ1) is 16.1. The molecule has 1 aromatic heterocycles. The SMILES string of the molecule is Cc1nc(NC(=O)COc2ccccc2)nc2c1C(=O)C[C@H](C)C2. The number of carbonyl (C=O) groups is 2. The summed E-state index contributed by atoms with van der Waals surface area (Å²) in [6.45, 7) is 3.66. The van der Waals surface area contributed by atoms with Crippen LogP contribution in [0.25, 0.3) is 0 Å². The number of Topliss-reactive ketones (excluding diaryl/α,β-unsaturated/α-hetero) is 1. The van der Waals surface area contributed by atoms with Crippen molar-refractivity contribution in [3.8, 4) is 5.75 Å². The summed E-state index contributed by atoms with van der Waals surface area (Å²) in [5.41, 5.74) is 1.92. The lowest BCUT2D eigenvalue weighted by atomic mass is 9.86. The standard InChI is InChI=1S/C18H19N3O3/c1-11-8-14-17(15(22)9-11)12(2)19-18(20-14)21-16(23)10-24-13-6-4-3-5-7-13/h3-7,11H,8-10H2,1-2H3,(H,19,20,21,23)/t11-/m1/s1. The molecule has 1 aliphatic rings. The summed E-state index contributed by atoms with van der Waals surface area (Å²) in [5.74, 6) is 0.827. The summed E-state index contributed by atoms with van der Waals surface area (Å²) in [6.07, 6.45) is 1.24. The zero-order valence-corrected chi connectivity index (χ0v) is 13.7. The molecular weight excluding hydrogens is 306 g/mol. The number of ether oxygens (including phenoxy) is 1. The summed E-state index contributed by atoms with van der Waals surface area (Å²) in [5, 5.41) is 2.64. The van der Waals surface area contributed by atoms with Gasteiger partial charge >= 0.3 is 0 Å². The Morgan fingerprint density at radius 1 is 1.25 bits per heavy atom. The summed E-state index contributed by atoms with van der Waals surface area (Å²) < 4.78 is 5.40. The fourth-order valence-corrected chi connectivity index (χ4v) is 2.85. The molecule has 1 amide bonds. The average molecular weight is 325 g/mol. The minimum absolute atomic E-state index is 0.0755. The number of nitrogens with zero attached hydrogens (tertiary/aromatic N) is 2. The molecule has 124 valence electrons. The van der Waals surface area contributed by atoms with Crippen molar-refractivity contribution in [3.05, 3.63) is 47.3 Å². The van der Waals surface area contributed by atoms with Crippen LogP contribution in [0.5, 0.6) is 5.75 Å². The van der Waals surface area contributed by atoms with Crippen LogP contribution in [0.4, 0.5) is 5.95 Å². The first-order chi connectivity index (χ1) is 11.5. The lowest BCUT2D eigenvalue weighted by Gasteiger charge is -2.21. The van der Waals surface area contributed by atoms with Crippen LogP contribution in [0.2, 0.25) is 0 Å². The fourth-order valence-electron chi connectivity index (χ4n) is 2.85. The molecule has 1 heterocycles. The van der Waals surface area contributed by atoms with Gasteiger partial charge in [0.2, 0.25) is 5.95 Å². The van der Waals surface area contributed by atoms with Crippen LogP contribution in [-0.4, -0.2) is 28.3 Å². The van der Waals surface area contributed by atoms with E-state index >= 15 is 0 Å². The smallest absolute Gasteiger partial charge is 0.264 e. The van der Waals surface area contributed by atoms with Crippen molar-refractivity contribution >= 4 is 17.6 Å². The topological polar surface area (TPSA) is 81.2 Å². The van der Waals surface area contributed by atoms with E-state index in [4.69, 9.17) is 4.74 Å². The molecule has 0 spiro atoms. The van der Waals surface area contributed by atoms with Gasteiger partial charge in [0.1, 0.15) is 5.75 Å². The molecule has 0 saturated carbocycles. The van der Waals surface area contributed by atoms with Crippen molar-refractivity contribution in [1.82, 2.24) is 9.97 Å². The molecule has 0 bridgehead atoms.